The number of carboxylic acid groups (broad SMARTS) is 1. The van der Waals surface area contributed by atoms with Crippen molar-refractivity contribution in [1.29, 1.82) is 0 Å². The minimum absolute atomic E-state index is 0.133. The highest BCUT2D eigenvalue weighted by atomic mass is 19.4. The zero-order valence-corrected chi connectivity index (χ0v) is 7.91. The number of hydrogen-bond donors (Lipinski definition) is 1. The number of amides is 1. The van der Waals surface area contributed by atoms with Gasteiger partial charge in [-0.3, -0.25) is 9.59 Å². The standard InChI is InChI=1S/C8H10F3NO3/c1-4(6(13)14)5-2-12(3-5)7(15)8(9,10)11/h4-5H,2-3H2,1H3,(H,13,14). The smallest absolute Gasteiger partial charge is 0.471 e. The van der Waals surface area contributed by atoms with E-state index < -0.39 is 24.0 Å². The van der Waals surface area contributed by atoms with Crippen LogP contribution >= 0.6 is 0 Å². The molecule has 1 N–H and O–H groups in total. The van der Waals surface area contributed by atoms with E-state index in [2.05, 4.69) is 0 Å². The topological polar surface area (TPSA) is 57.6 Å². The predicted octanol–water partition coefficient (Wildman–Crippen LogP) is 0.728. The summed E-state index contributed by atoms with van der Waals surface area (Å²) in [6.45, 7) is 1.15. The Bertz CT molecular complexity index is 283. The maximum Gasteiger partial charge on any atom is 0.471 e. The minimum atomic E-state index is -4.86. The molecular weight excluding hydrogens is 215 g/mol. The average molecular weight is 225 g/mol. The third-order valence-electron chi connectivity index (χ3n) is 2.54. The third kappa shape index (κ3) is 2.40. The summed E-state index contributed by atoms with van der Waals surface area (Å²) in [6.07, 6.45) is -4.86. The van der Waals surface area contributed by atoms with Gasteiger partial charge in [0.2, 0.25) is 0 Å². The number of alkyl halides is 3. The van der Waals surface area contributed by atoms with E-state index in [9.17, 15) is 22.8 Å². The van der Waals surface area contributed by atoms with Crippen LogP contribution < -0.4 is 0 Å². The molecule has 0 aromatic carbocycles. The van der Waals surface area contributed by atoms with Gasteiger partial charge in [-0.15, -0.1) is 0 Å². The van der Waals surface area contributed by atoms with Crippen LogP contribution in [0.3, 0.4) is 0 Å². The number of carboxylic acids is 1. The molecular formula is C8H10F3NO3. The van der Waals surface area contributed by atoms with Crippen molar-refractivity contribution in [2.24, 2.45) is 11.8 Å². The Morgan fingerprint density at radius 3 is 2.20 bits per heavy atom. The molecule has 1 amide bonds. The van der Waals surface area contributed by atoms with Gasteiger partial charge in [0.05, 0.1) is 5.92 Å². The lowest BCUT2D eigenvalue weighted by atomic mass is 9.87. The molecule has 0 bridgehead atoms. The van der Waals surface area contributed by atoms with E-state index in [-0.39, 0.29) is 19.0 Å². The van der Waals surface area contributed by atoms with Gasteiger partial charge in [-0.1, -0.05) is 6.92 Å². The maximum atomic E-state index is 11.9. The number of hydrogen-bond acceptors (Lipinski definition) is 2. The van der Waals surface area contributed by atoms with Gasteiger partial charge in [0.25, 0.3) is 0 Å². The molecule has 1 saturated heterocycles. The Balaban J connectivity index is 2.45. The number of nitrogens with zero attached hydrogens (tertiary/aromatic N) is 1. The molecule has 1 unspecified atom stereocenters. The predicted molar refractivity (Wildman–Crippen MR) is 42.9 cm³/mol. The summed E-state index contributed by atoms with van der Waals surface area (Å²) >= 11 is 0. The van der Waals surface area contributed by atoms with Crippen molar-refractivity contribution >= 4 is 11.9 Å². The molecule has 0 saturated carbocycles. The van der Waals surface area contributed by atoms with Gasteiger partial charge < -0.3 is 10.0 Å². The summed E-state index contributed by atoms with van der Waals surface area (Å²) in [5.74, 6) is -4.05. The van der Waals surface area contributed by atoms with Gasteiger partial charge in [-0.2, -0.15) is 13.2 Å². The lowest BCUT2D eigenvalue weighted by Gasteiger charge is -2.41. The van der Waals surface area contributed by atoms with Gasteiger partial charge in [-0.05, 0) is 0 Å². The molecule has 7 heteroatoms. The van der Waals surface area contributed by atoms with Crippen LogP contribution in [0.2, 0.25) is 0 Å². The van der Waals surface area contributed by atoms with Crippen molar-refractivity contribution in [1.82, 2.24) is 4.90 Å². The second kappa shape index (κ2) is 3.71. The van der Waals surface area contributed by atoms with Crippen LogP contribution in [-0.4, -0.2) is 41.1 Å². The second-order valence-corrected chi connectivity index (χ2v) is 3.59. The fourth-order valence-electron chi connectivity index (χ4n) is 1.38. The van der Waals surface area contributed by atoms with Crippen LogP contribution in [0, 0.1) is 11.8 Å². The Morgan fingerprint density at radius 1 is 1.40 bits per heavy atom. The van der Waals surface area contributed by atoms with Crippen molar-refractivity contribution in [3.8, 4) is 0 Å². The number of rotatable bonds is 2. The van der Waals surface area contributed by atoms with E-state index in [0.29, 0.717) is 4.90 Å². The molecule has 0 aromatic heterocycles. The highest BCUT2D eigenvalue weighted by Gasteiger charge is 2.48. The van der Waals surface area contributed by atoms with Gasteiger partial charge in [0.1, 0.15) is 0 Å². The summed E-state index contributed by atoms with van der Waals surface area (Å²) in [7, 11) is 0. The van der Waals surface area contributed by atoms with Gasteiger partial charge in [0.15, 0.2) is 0 Å². The summed E-state index contributed by atoms with van der Waals surface area (Å²) in [5, 5.41) is 8.58. The Hall–Kier alpha value is -1.27. The van der Waals surface area contributed by atoms with Crippen LogP contribution in [-0.2, 0) is 9.59 Å². The molecule has 15 heavy (non-hydrogen) atoms. The zero-order chi connectivity index (χ0) is 11.8. The first-order valence-electron chi connectivity index (χ1n) is 4.32. The Morgan fingerprint density at radius 2 is 1.87 bits per heavy atom. The van der Waals surface area contributed by atoms with Gasteiger partial charge in [-0.25, -0.2) is 0 Å². The molecule has 0 aliphatic carbocycles. The highest BCUT2D eigenvalue weighted by Crippen LogP contribution is 2.28. The zero-order valence-electron chi connectivity index (χ0n) is 7.91. The van der Waals surface area contributed by atoms with Gasteiger partial charge >= 0.3 is 18.1 Å². The molecule has 0 radical (unpaired) electrons. The molecule has 1 rings (SSSR count). The Labute approximate surface area is 83.7 Å². The molecule has 4 nitrogen and oxygen atoms in total. The van der Waals surface area contributed by atoms with Crippen LogP contribution in [0.5, 0.6) is 0 Å². The number of likely N-dealkylation sites (tertiary alicyclic amines) is 1. The largest absolute Gasteiger partial charge is 0.481 e. The van der Waals surface area contributed by atoms with Crippen molar-refractivity contribution in [3.05, 3.63) is 0 Å². The average Bonchev–Trinajstić information content (AvgIpc) is 1.98. The minimum Gasteiger partial charge on any atom is -0.481 e. The first kappa shape index (κ1) is 11.8. The molecule has 86 valence electrons. The monoisotopic (exact) mass is 225 g/mol. The lowest BCUT2D eigenvalue weighted by molar-refractivity contribution is -0.193. The second-order valence-electron chi connectivity index (χ2n) is 3.59. The number of halogens is 3. The first-order chi connectivity index (χ1) is 6.73. The van der Waals surface area contributed by atoms with E-state index >= 15 is 0 Å². The molecule has 1 fully saturated rings. The van der Waals surface area contributed by atoms with Crippen molar-refractivity contribution in [2.45, 2.75) is 13.1 Å². The van der Waals surface area contributed by atoms with Crippen LogP contribution in [0.25, 0.3) is 0 Å². The Kier molecular flexibility index (Phi) is 2.92. The van der Waals surface area contributed by atoms with E-state index in [1.165, 1.54) is 6.92 Å². The van der Waals surface area contributed by atoms with Crippen molar-refractivity contribution < 1.29 is 27.9 Å². The molecule has 1 aliphatic rings. The summed E-state index contributed by atoms with van der Waals surface area (Å²) in [5.41, 5.74) is 0. The van der Waals surface area contributed by atoms with E-state index in [0.717, 1.165) is 0 Å². The SMILES string of the molecule is CC(C(=O)O)C1CN(C(=O)C(F)(F)F)C1. The molecule has 1 atom stereocenters. The third-order valence-corrected chi connectivity index (χ3v) is 2.54. The number of aliphatic carboxylic acids is 1. The summed E-state index contributed by atoms with van der Waals surface area (Å²) < 4.78 is 35.7. The normalized spacial score (nSPS) is 19.6. The maximum absolute atomic E-state index is 11.9. The van der Waals surface area contributed by atoms with Crippen molar-refractivity contribution in [2.75, 3.05) is 13.1 Å². The summed E-state index contributed by atoms with van der Waals surface area (Å²) in [6, 6.07) is 0. The van der Waals surface area contributed by atoms with E-state index in [4.69, 9.17) is 5.11 Å². The quantitative estimate of drug-likeness (QED) is 0.753. The fraction of sp³-hybridized carbons (Fsp3) is 0.750. The van der Waals surface area contributed by atoms with Crippen molar-refractivity contribution in [3.63, 3.8) is 0 Å². The van der Waals surface area contributed by atoms with E-state index in [1.54, 1.807) is 0 Å². The van der Waals surface area contributed by atoms with Crippen LogP contribution in [0.15, 0.2) is 0 Å². The number of carbonyl (C=O) groups is 2. The number of carbonyl (C=O) groups excluding carboxylic acids is 1. The van der Waals surface area contributed by atoms with Gasteiger partial charge in [0, 0.05) is 19.0 Å². The molecule has 1 heterocycles. The summed E-state index contributed by atoms with van der Waals surface area (Å²) in [4.78, 5) is 21.7. The fourth-order valence-corrected chi connectivity index (χ4v) is 1.38. The first-order valence-corrected chi connectivity index (χ1v) is 4.32. The molecule has 1 aliphatic heterocycles. The van der Waals surface area contributed by atoms with Crippen LogP contribution in [0.4, 0.5) is 13.2 Å². The molecule has 0 aromatic rings. The lowest BCUT2D eigenvalue weighted by Crippen LogP contribution is -2.56. The van der Waals surface area contributed by atoms with Crippen LogP contribution in [0.1, 0.15) is 6.92 Å². The molecule has 0 spiro atoms. The highest BCUT2D eigenvalue weighted by molar-refractivity contribution is 5.83. The van der Waals surface area contributed by atoms with E-state index in [1.807, 2.05) is 0 Å².